The maximum Gasteiger partial charge on any atom is 0.233 e. The molecule has 0 heterocycles. The van der Waals surface area contributed by atoms with Crippen LogP contribution in [0.5, 0.6) is 0 Å². The lowest BCUT2D eigenvalue weighted by atomic mass is 10.3. The van der Waals surface area contributed by atoms with Crippen LogP contribution in [-0.2, 0) is 9.59 Å². The summed E-state index contributed by atoms with van der Waals surface area (Å²) in [6.45, 7) is 3.80. The van der Waals surface area contributed by atoms with Gasteiger partial charge in [0, 0.05) is 6.54 Å². The summed E-state index contributed by atoms with van der Waals surface area (Å²) in [5.41, 5.74) is 0.496. The first-order valence-corrected chi connectivity index (χ1v) is 5.43. The molecule has 0 saturated heterocycles. The maximum absolute atomic E-state index is 11.5. The van der Waals surface area contributed by atoms with Gasteiger partial charge in [-0.15, -0.1) is 6.58 Å². The Morgan fingerprint density at radius 3 is 2.65 bits per heavy atom. The first-order chi connectivity index (χ1) is 8.13. The van der Waals surface area contributed by atoms with Gasteiger partial charge >= 0.3 is 0 Å². The third-order valence-corrected chi connectivity index (χ3v) is 2.24. The van der Waals surface area contributed by atoms with Gasteiger partial charge in [-0.25, -0.2) is 0 Å². The van der Waals surface area contributed by atoms with Gasteiger partial charge in [0.05, 0.1) is 10.7 Å². The first-order valence-electron chi connectivity index (χ1n) is 5.05. The van der Waals surface area contributed by atoms with Crippen molar-refractivity contribution < 1.29 is 9.59 Å². The Hall–Kier alpha value is -1.81. The lowest BCUT2D eigenvalue weighted by molar-refractivity contribution is -0.126. The Labute approximate surface area is 105 Å². The summed E-state index contributed by atoms with van der Waals surface area (Å²) in [4.78, 5) is 22.7. The SMILES string of the molecule is C=CCNC(=O)CC(=O)Nc1ccccc1Cl. The number of carbonyl (C=O) groups excluding carboxylic acids is 2. The molecule has 0 aliphatic rings. The van der Waals surface area contributed by atoms with Gasteiger partial charge in [-0.1, -0.05) is 29.8 Å². The predicted molar refractivity (Wildman–Crippen MR) is 67.9 cm³/mol. The molecule has 1 aromatic carbocycles. The minimum Gasteiger partial charge on any atom is -0.352 e. The second-order valence-electron chi connectivity index (χ2n) is 3.30. The highest BCUT2D eigenvalue weighted by Crippen LogP contribution is 2.20. The van der Waals surface area contributed by atoms with Crippen LogP contribution in [0.2, 0.25) is 5.02 Å². The number of halogens is 1. The number of benzene rings is 1. The lowest BCUT2D eigenvalue weighted by Gasteiger charge is -2.06. The van der Waals surface area contributed by atoms with Crippen LogP contribution in [-0.4, -0.2) is 18.4 Å². The molecule has 0 aliphatic carbocycles. The van der Waals surface area contributed by atoms with Crippen LogP contribution in [0.1, 0.15) is 6.42 Å². The molecular weight excluding hydrogens is 240 g/mol. The first kappa shape index (κ1) is 13.3. The molecule has 5 heteroatoms. The van der Waals surface area contributed by atoms with Gasteiger partial charge in [-0.05, 0) is 12.1 Å². The van der Waals surface area contributed by atoms with E-state index in [1.54, 1.807) is 30.3 Å². The van der Waals surface area contributed by atoms with Gasteiger partial charge in [-0.2, -0.15) is 0 Å². The smallest absolute Gasteiger partial charge is 0.233 e. The average Bonchev–Trinajstić information content (AvgIpc) is 2.29. The van der Waals surface area contributed by atoms with Crippen molar-refractivity contribution in [2.45, 2.75) is 6.42 Å². The summed E-state index contributed by atoms with van der Waals surface area (Å²) >= 11 is 5.86. The minimum atomic E-state index is -0.403. The van der Waals surface area contributed by atoms with Crippen molar-refractivity contribution in [2.24, 2.45) is 0 Å². The highest BCUT2D eigenvalue weighted by Gasteiger charge is 2.09. The molecule has 4 nitrogen and oxygen atoms in total. The standard InChI is InChI=1S/C12H13ClN2O2/c1-2-7-14-11(16)8-12(17)15-10-6-4-3-5-9(10)13/h2-6H,1,7-8H2,(H,14,16)(H,15,17). The maximum atomic E-state index is 11.5. The van der Waals surface area contributed by atoms with E-state index in [1.807, 2.05) is 0 Å². The molecule has 0 fully saturated rings. The van der Waals surface area contributed by atoms with Gasteiger partial charge in [0.2, 0.25) is 11.8 Å². The van der Waals surface area contributed by atoms with Crippen molar-refractivity contribution in [3.63, 3.8) is 0 Å². The van der Waals surface area contributed by atoms with E-state index in [-0.39, 0.29) is 12.3 Å². The van der Waals surface area contributed by atoms with Gasteiger partial charge in [0.15, 0.2) is 0 Å². The minimum absolute atomic E-state index is 0.237. The summed E-state index contributed by atoms with van der Waals surface area (Å²) < 4.78 is 0. The lowest BCUT2D eigenvalue weighted by Crippen LogP contribution is -2.28. The molecule has 2 N–H and O–H groups in total. The summed E-state index contributed by atoms with van der Waals surface area (Å²) in [5, 5.41) is 5.51. The van der Waals surface area contributed by atoms with E-state index in [2.05, 4.69) is 17.2 Å². The van der Waals surface area contributed by atoms with Crippen molar-refractivity contribution in [3.05, 3.63) is 41.9 Å². The number of anilines is 1. The largest absolute Gasteiger partial charge is 0.352 e. The molecule has 0 unspecified atom stereocenters. The molecule has 1 rings (SSSR count). The van der Waals surface area contributed by atoms with Crippen molar-refractivity contribution in [2.75, 3.05) is 11.9 Å². The summed E-state index contributed by atoms with van der Waals surface area (Å²) in [6.07, 6.45) is 1.31. The van der Waals surface area contributed by atoms with Gasteiger partial charge in [-0.3, -0.25) is 9.59 Å². The summed E-state index contributed by atoms with van der Waals surface area (Å²) in [5.74, 6) is -0.755. The summed E-state index contributed by atoms with van der Waals surface area (Å²) in [6, 6.07) is 6.84. The van der Waals surface area contributed by atoms with E-state index in [9.17, 15) is 9.59 Å². The number of carbonyl (C=O) groups is 2. The zero-order valence-electron chi connectivity index (χ0n) is 9.20. The van der Waals surface area contributed by atoms with E-state index in [4.69, 9.17) is 11.6 Å². The Kier molecular flexibility index (Phi) is 5.23. The fourth-order valence-corrected chi connectivity index (χ4v) is 1.33. The highest BCUT2D eigenvalue weighted by molar-refractivity contribution is 6.33. The third kappa shape index (κ3) is 4.70. The molecule has 1 aromatic rings. The van der Waals surface area contributed by atoms with Crippen LogP contribution in [0, 0.1) is 0 Å². The molecule has 90 valence electrons. The topological polar surface area (TPSA) is 58.2 Å². The quantitative estimate of drug-likeness (QED) is 0.622. The van der Waals surface area contributed by atoms with Crippen LogP contribution < -0.4 is 10.6 Å². The van der Waals surface area contributed by atoms with E-state index in [0.29, 0.717) is 17.3 Å². The van der Waals surface area contributed by atoms with Crippen LogP contribution in [0.25, 0.3) is 0 Å². The van der Waals surface area contributed by atoms with Crippen LogP contribution >= 0.6 is 11.6 Å². The molecular formula is C12H13ClN2O2. The molecule has 0 saturated carbocycles. The summed E-state index contributed by atoms with van der Waals surface area (Å²) in [7, 11) is 0. The van der Waals surface area contributed by atoms with Gasteiger partial charge in [0.1, 0.15) is 6.42 Å². The van der Waals surface area contributed by atoms with Crippen LogP contribution in [0.15, 0.2) is 36.9 Å². The van der Waals surface area contributed by atoms with Crippen LogP contribution in [0.4, 0.5) is 5.69 Å². The Morgan fingerprint density at radius 1 is 1.29 bits per heavy atom. The third-order valence-electron chi connectivity index (χ3n) is 1.91. The zero-order valence-corrected chi connectivity index (χ0v) is 9.96. The van der Waals surface area contributed by atoms with Gasteiger partial charge < -0.3 is 10.6 Å². The molecule has 0 aromatic heterocycles. The van der Waals surface area contributed by atoms with E-state index in [0.717, 1.165) is 0 Å². The fourth-order valence-electron chi connectivity index (χ4n) is 1.15. The monoisotopic (exact) mass is 252 g/mol. The Morgan fingerprint density at radius 2 is 2.00 bits per heavy atom. The number of para-hydroxylation sites is 1. The molecule has 0 atom stereocenters. The predicted octanol–water partition coefficient (Wildman–Crippen LogP) is 1.97. The molecule has 0 radical (unpaired) electrons. The van der Waals surface area contributed by atoms with Crippen molar-refractivity contribution in [3.8, 4) is 0 Å². The van der Waals surface area contributed by atoms with Crippen molar-refractivity contribution >= 4 is 29.1 Å². The fraction of sp³-hybridized carbons (Fsp3) is 0.167. The number of amides is 2. The average molecular weight is 253 g/mol. The normalized spacial score (nSPS) is 9.47. The molecule has 2 amide bonds. The van der Waals surface area contributed by atoms with Gasteiger partial charge in [0.25, 0.3) is 0 Å². The van der Waals surface area contributed by atoms with Crippen LogP contribution in [0.3, 0.4) is 0 Å². The second-order valence-corrected chi connectivity index (χ2v) is 3.70. The Balaban J connectivity index is 2.47. The molecule has 0 aliphatic heterocycles. The molecule has 0 spiro atoms. The highest BCUT2D eigenvalue weighted by atomic mass is 35.5. The zero-order chi connectivity index (χ0) is 12.7. The van der Waals surface area contributed by atoms with Crippen molar-refractivity contribution in [1.82, 2.24) is 5.32 Å². The number of rotatable bonds is 5. The Bertz CT molecular complexity index is 432. The number of hydrogen-bond donors (Lipinski definition) is 2. The number of nitrogens with one attached hydrogen (secondary N) is 2. The second kappa shape index (κ2) is 6.70. The molecule has 17 heavy (non-hydrogen) atoms. The van der Waals surface area contributed by atoms with E-state index >= 15 is 0 Å². The van der Waals surface area contributed by atoms with E-state index in [1.165, 1.54) is 0 Å². The van der Waals surface area contributed by atoms with E-state index < -0.39 is 5.91 Å². The molecule has 0 bridgehead atoms. The van der Waals surface area contributed by atoms with Crippen molar-refractivity contribution in [1.29, 1.82) is 0 Å². The number of hydrogen-bond acceptors (Lipinski definition) is 2.